The summed E-state index contributed by atoms with van der Waals surface area (Å²) >= 11 is 1.93. The molecule has 0 N–H and O–H groups in total. The molecule has 0 amide bonds. The minimum absolute atomic E-state index is 0.479. The Kier molecular flexibility index (Phi) is 7.75. The number of aryl methyl sites for hydroxylation is 1. The number of unbranched alkanes of at least 4 members (excludes halogenated alkanes) is 3. The van der Waals surface area contributed by atoms with Crippen LogP contribution >= 0.6 is 11.3 Å². The molecule has 0 aliphatic carbocycles. The van der Waals surface area contributed by atoms with Gasteiger partial charge in [-0.2, -0.15) is 0 Å². The molecule has 0 aromatic carbocycles. The molecule has 0 saturated carbocycles. The fourth-order valence-corrected chi connectivity index (χ4v) is 3.90. The summed E-state index contributed by atoms with van der Waals surface area (Å²) in [5.41, 5.74) is 2.12. The van der Waals surface area contributed by atoms with Gasteiger partial charge in [0, 0.05) is 4.88 Å². The maximum absolute atomic E-state index is 2.46. The van der Waals surface area contributed by atoms with Crippen LogP contribution in [0.25, 0.3) is 0 Å². The van der Waals surface area contributed by atoms with Gasteiger partial charge in [0.1, 0.15) is 0 Å². The molecule has 0 radical (unpaired) electrons. The molecule has 0 bridgehead atoms. The van der Waals surface area contributed by atoms with Crippen molar-refractivity contribution in [3.05, 3.63) is 21.9 Å². The molecule has 0 unspecified atom stereocenters. The second kappa shape index (κ2) is 8.79. The highest BCUT2D eigenvalue weighted by Gasteiger charge is 2.31. The first-order valence-electron chi connectivity index (χ1n) is 8.24. The molecule has 0 aliphatic rings. The Bertz CT molecular complexity index is 315. The van der Waals surface area contributed by atoms with Gasteiger partial charge >= 0.3 is 0 Å². The lowest BCUT2D eigenvalue weighted by Gasteiger charge is -2.34. The summed E-state index contributed by atoms with van der Waals surface area (Å²) < 4.78 is 0. The topological polar surface area (TPSA) is 0 Å². The van der Waals surface area contributed by atoms with Gasteiger partial charge in [0.15, 0.2) is 0 Å². The Morgan fingerprint density at radius 2 is 1.37 bits per heavy atom. The molecular weight excluding hydrogens is 248 g/mol. The van der Waals surface area contributed by atoms with E-state index in [4.69, 9.17) is 0 Å². The van der Waals surface area contributed by atoms with Gasteiger partial charge in [-0.15, -0.1) is 11.3 Å². The van der Waals surface area contributed by atoms with Gasteiger partial charge in [0.2, 0.25) is 0 Å². The highest BCUT2D eigenvalue weighted by atomic mass is 32.1. The van der Waals surface area contributed by atoms with Gasteiger partial charge in [-0.05, 0) is 48.6 Å². The lowest BCUT2D eigenvalue weighted by Crippen LogP contribution is -2.26. The lowest BCUT2D eigenvalue weighted by molar-refractivity contribution is 0.310. The number of hydrogen-bond donors (Lipinski definition) is 0. The van der Waals surface area contributed by atoms with Crippen LogP contribution in [0.15, 0.2) is 11.4 Å². The Morgan fingerprint density at radius 3 is 1.68 bits per heavy atom. The number of hydrogen-bond acceptors (Lipinski definition) is 1. The molecule has 19 heavy (non-hydrogen) atoms. The highest BCUT2D eigenvalue weighted by molar-refractivity contribution is 7.10. The summed E-state index contributed by atoms with van der Waals surface area (Å²) in [6.45, 7) is 9.22. The van der Waals surface area contributed by atoms with E-state index in [1.165, 1.54) is 62.7 Å². The van der Waals surface area contributed by atoms with Crippen LogP contribution in [0.3, 0.4) is 0 Å². The Morgan fingerprint density at radius 1 is 0.895 bits per heavy atom. The molecule has 1 rings (SSSR count). The van der Waals surface area contributed by atoms with Crippen molar-refractivity contribution >= 4 is 11.3 Å². The summed E-state index contributed by atoms with van der Waals surface area (Å²) in [7, 11) is 0. The molecule has 0 aliphatic heterocycles. The van der Waals surface area contributed by atoms with E-state index < -0.39 is 0 Å². The Balaban J connectivity index is 2.93. The molecule has 0 fully saturated rings. The van der Waals surface area contributed by atoms with Crippen molar-refractivity contribution in [2.24, 2.45) is 0 Å². The Hall–Kier alpha value is -0.300. The number of rotatable bonds is 10. The van der Waals surface area contributed by atoms with Gasteiger partial charge in [0.25, 0.3) is 0 Å². The molecule has 1 heterocycles. The van der Waals surface area contributed by atoms with Crippen LogP contribution in [0.1, 0.15) is 89.0 Å². The van der Waals surface area contributed by atoms with Gasteiger partial charge in [0.05, 0.1) is 0 Å². The van der Waals surface area contributed by atoms with Crippen molar-refractivity contribution in [3.8, 4) is 0 Å². The summed E-state index contributed by atoms with van der Waals surface area (Å²) in [6.07, 6.45) is 12.3. The largest absolute Gasteiger partial charge is 0.149 e. The van der Waals surface area contributed by atoms with Crippen LogP contribution < -0.4 is 0 Å². The third kappa shape index (κ3) is 4.95. The van der Waals surface area contributed by atoms with Crippen molar-refractivity contribution in [2.45, 2.75) is 90.9 Å². The predicted octanol–water partition coefficient (Wildman–Crippen LogP) is 6.86. The maximum atomic E-state index is 2.46. The van der Waals surface area contributed by atoms with Crippen LogP contribution in [-0.4, -0.2) is 0 Å². The molecule has 0 spiro atoms. The molecule has 110 valence electrons. The molecule has 1 aromatic heterocycles. The van der Waals surface area contributed by atoms with Crippen LogP contribution in [0.2, 0.25) is 0 Å². The fourth-order valence-electron chi connectivity index (χ4n) is 3.08. The van der Waals surface area contributed by atoms with Gasteiger partial charge < -0.3 is 0 Å². The Labute approximate surface area is 124 Å². The van der Waals surface area contributed by atoms with Crippen molar-refractivity contribution in [2.75, 3.05) is 0 Å². The normalized spacial score (nSPS) is 12.0. The molecule has 1 heteroatoms. The van der Waals surface area contributed by atoms with E-state index in [0.717, 1.165) is 0 Å². The lowest BCUT2D eigenvalue weighted by atomic mass is 9.70. The molecule has 0 atom stereocenters. The van der Waals surface area contributed by atoms with Gasteiger partial charge in [-0.1, -0.05) is 59.3 Å². The first-order valence-corrected chi connectivity index (χ1v) is 9.12. The van der Waals surface area contributed by atoms with Crippen molar-refractivity contribution < 1.29 is 0 Å². The zero-order chi connectivity index (χ0) is 14.1. The summed E-state index contributed by atoms with van der Waals surface area (Å²) in [4.78, 5) is 1.48. The minimum atomic E-state index is 0.479. The highest BCUT2D eigenvalue weighted by Crippen LogP contribution is 2.41. The minimum Gasteiger partial charge on any atom is -0.149 e. The molecule has 0 nitrogen and oxygen atoms in total. The zero-order valence-electron chi connectivity index (χ0n) is 13.4. The second-order valence-corrected chi connectivity index (χ2v) is 7.15. The van der Waals surface area contributed by atoms with Gasteiger partial charge in [-0.3, -0.25) is 0 Å². The van der Waals surface area contributed by atoms with E-state index in [0.29, 0.717) is 5.41 Å². The first-order chi connectivity index (χ1) is 9.18. The molecule has 0 saturated heterocycles. The van der Waals surface area contributed by atoms with E-state index in [2.05, 4.69) is 39.1 Å². The second-order valence-electron chi connectivity index (χ2n) is 6.04. The average molecular weight is 281 g/mol. The van der Waals surface area contributed by atoms with Gasteiger partial charge in [-0.25, -0.2) is 0 Å². The smallest absolute Gasteiger partial charge is 0.00172 e. The molecule has 1 aromatic rings. The van der Waals surface area contributed by atoms with Crippen molar-refractivity contribution in [1.82, 2.24) is 0 Å². The number of thiophene rings is 1. The van der Waals surface area contributed by atoms with Crippen LogP contribution in [0.4, 0.5) is 0 Å². The average Bonchev–Trinajstić information content (AvgIpc) is 2.85. The van der Waals surface area contributed by atoms with Crippen LogP contribution in [0, 0.1) is 6.92 Å². The standard InChI is InChI=1S/C18H32S/c1-5-8-11-18(12-9-6-2,13-10-7-3)17-14-16(4)19-15-17/h14-15H,5-13H2,1-4H3. The monoisotopic (exact) mass is 280 g/mol. The van der Waals surface area contributed by atoms with E-state index >= 15 is 0 Å². The van der Waals surface area contributed by atoms with E-state index in [1.54, 1.807) is 5.56 Å². The van der Waals surface area contributed by atoms with E-state index in [1.807, 2.05) is 11.3 Å². The summed E-state index contributed by atoms with van der Waals surface area (Å²) in [6, 6.07) is 2.46. The van der Waals surface area contributed by atoms with Crippen LogP contribution in [-0.2, 0) is 5.41 Å². The van der Waals surface area contributed by atoms with E-state index in [9.17, 15) is 0 Å². The summed E-state index contributed by atoms with van der Waals surface area (Å²) in [5.74, 6) is 0. The molecular formula is C18H32S. The third-order valence-corrected chi connectivity index (χ3v) is 5.23. The quantitative estimate of drug-likeness (QED) is 0.439. The van der Waals surface area contributed by atoms with E-state index in [-0.39, 0.29) is 0 Å². The van der Waals surface area contributed by atoms with Crippen molar-refractivity contribution in [3.63, 3.8) is 0 Å². The fraction of sp³-hybridized carbons (Fsp3) is 0.778. The predicted molar refractivity (Wildman–Crippen MR) is 89.3 cm³/mol. The summed E-state index contributed by atoms with van der Waals surface area (Å²) in [5, 5.41) is 2.44. The van der Waals surface area contributed by atoms with Crippen molar-refractivity contribution in [1.29, 1.82) is 0 Å². The SMILES string of the molecule is CCCCC(CCCC)(CCCC)c1csc(C)c1. The maximum Gasteiger partial charge on any atom is 0.00172 e. The first kappa shape index (κ1) is 16.8. The van der Waals surface area contributed by atoms with Crippen LogP contribution in [0.5, 0.6) is 0 Å². The third-order valence-electron chi connectivity index (χ3n) is 4.37. The zero-order valence-corrected chi connectivity index (χ0v) is 14.2.